The smallest absolute Gasteiger partial charge is 0.319 e. The molecule has 2 aromatic carbocycles. The predicted octanol–water partition coefficient (Wildman–Crippen LogP) is 2.76. The lowest BCUT2D eigenvalue weighted by molar-refractivity contribution is -0.129. The minimum Gasteiger partial charge on any atom is -0.358 e. The van der Waals surface area contributed by atoms with Gasteiger partial charge in [-0.1, -0.05) is 18.2 Å². The van der Waals surface area contributed by atoms with Crippen molar-refractivity contribution >= 4 is 44.2 Å². The molecule has 0 spiro atoms. The van der Waals surface area contributed by atoms with Crippen LogP contribution in [0.4, 0.5) is 16.2 Å². The number of H-pyrrole nitrogens is 1. The molecule has 0 aliphatic carbocycles. The van der Waals surface area contributed by atoms with Gasteiger partial charge in [0.05, 0.1) is 33.5 Å². The first-order valence-electron chi connectivity index (χ1n) is 11.5. The van der Waals surface area contributed by atoms with Gasteiger partial charge in [-0.15, -0.1) is 0 Å². The zero-order valence-electron chi connectivity index (χ0n) is 20.9. The van der Waals surface area contributed by atoms with E-state index in [1.54, 1.807) is 50.8 Å². The summed E-state index contributed by atoms with van der Waals surface area (Å²) < 4.78 is 30.0. The van der Waals surface area contributed by atoms with Gasteiger partial charge in [0, 0.05) is 38.4 Å². The molecular weight excluding hydrogens is 508 g/mol. The van der Waals surface area contributed by atoms with Crippen molar-refractivity contribution in [2.45, 2.75) is 24.9 Å². The molecule has 196 valence electrons. The Morgan fingerprint density at radius 3 is 2.58 bits per heavy atom. The second-order valence-corrected chi connectivity index (χ2v) is 10.4. The summed E-state index contributed by atoms with van der Waals surface area (Å²) in [6.07, 6.45) is 4.53. The van der Waals surface area contributed by atoms with Gasteiger partial charge in [-0.3, -0.25) is 14.2 Å². The van der Waals surface area contributed by atoms with E-state index in [1.807, 2.05) is 6.92 Å². The average molecular weight is 535 g/mol. The number of hydrogen-bond acceptors (Lipinski definition) is 6. The number of anilines is 2. The molecule has 0 fully saturated rings. The lowest BCUT2D eigenvalue weighted by Gasteiger charge is -2.11. The van der Waals surface area contributed by atoms with E-state index in [0.29, 0.717) is 33.4 Å². The van der Waals surface area contributed by atoms with E-state index in [0.717, 1.165) is 5.56 Å². The summed E-state index contributed by atoms with van der Waals surface area (Å²) in [5, 5.41) is 19.4. The number of fused-ring (bicyclic) bond motifs is 1. The Bertz CT molecular complexity index is 1650. The number of urea groups is 1. The van der Waals surface area contributed by atoms with Crippen LogP contribution in [0.15, 0.2) is 59.9 Å². The first-order chi connectivity index (χ1) is 18.1. The van der Waals surface area contributed by atoms with Gasteiger partial charge in [-0.2, -0.15) is 10.4 Å². The lowest BCUT2D eigenvalue weighted by atomic mass is 10.1. The van der Waals surface area contributed by atoms with Crippen LogP contribution >= 0.6 is 0 Å². The molecule has 2 heterocycles. The topological polar surface area (TPSA) is 165 Å². The molecule has 0 saturated carbocycles. The van der Waals surface area contributed by atoms with Crippen molar-refractivity contribution in [2.75, 3.05) is 24.1 Å². The van der Waals surface area contributed by atoms with E-state index in [-0.39, 0.29) is 23.9 Å². The number of nitrogens with one attached hydrogen (secondary N) is 4. The molecule has 12 nitrogen and oxygen atoms in total. The number of rotatable bonds is 8. The Morgan fingerprint density at radius 2 is 1.89 bits per heavy atom. The van der Waals surface area contributed by atoms with Crippen LogP contribution < -0.4 is 15.4 Å². The number of aromatic amines is 1. The molecule has 0 saturated heterocycles. The molecule has 3 amide bonds. The molecule has 0 aliphatic rings. The van der Waals surface area contributed by atoms with Gasteiger partial charge < -0.3 is 20.5 Å². The fourth-order valence-corrected chi connectivity index (χ4v) is 4.81. The van der Waals surface area contributed by atoms with Crippen LogP contribution in [-0.2, 0) is 27.9 Å². The number of amides is 3. The Morgan fingerprint density at radius 1 is 1.16 bits per heavy atom. The fraction of sp³-hybridized carbons (Fsp3) is 0.200. The van der Waals surface area contributed by atoms with Crippen LogP contribution in [0.5, 0.6) is 0 Å². The molecule has 2 aromatic heterocycles. The SMILES string of the molecule is Cc1ccc(NS(=O)(=O)c2ccc(CNC(=O)Nc3cnn(CC(=O)N(C)C)c3)cc2)c2[nH]cc(C#N)c12. The van der Waals surface area contributed by atoms with Crippen LogP contribution in [0.1, 0.15) is 16.7 Å². The van der Waals surface area contributed by atoms with Gasteiger partial charge in [0.25, 0.3) is 10.0 Å². The van der Waals surface area contributed by atoms with Crippen LogP contribution in [0.3, 0.4) is 0 Å². The van der Waals surface area contributed by atoms with Crippen molar-refractivity contribution in [1.29, 1.82) is 5.26 Å². The summed E-state index contributed by atoms with van der Waals surface area (Å²) in [6.45, 7) is 2.07. The van der Waals surface area contributed by atoms with Crippen molar-refractivity contribution in [3.63, 3.8) is 0 Å². The van der Waals surface area contributed by atoms with Gasteiger partial charge in [0.2, 0.25) is 5.91 Å². The number of hydrogen-bond donors (Lipinski definition) is 4. The zero-order chi connectivity index (χ0) is 27.4. The molecule has 4 aromatic rings. The van der Waals surface area contributed by atoms with E-state index in [2.05, 4.69) is 31.5 Å². The summed E-state index contributed by atoms with van der Waals surface area (Å²) in [6, 6.07) is 11.1. The number of sulfonamides is 1. The standard InChI is InChI=1S/C25H26N8O4S/c1-16-4-9-21(24-23(16)18(10-26)12-27-24)31-38(36,37)20-7-5-17(6-8-20)11-28-25(35)30-19-13-29-33(14-19)15-22(34)32(2)3/h4-9,12-14,27,31H,11,15H2,1-3H3,(H2,28,30,35). The molecule has 0 atom stereocenters. The highest BCUT2D eigenvalue weighted by molar-refractivity contribution is 7.92. The third kappa shape index (κ3) is 5.76. The minimum absolute atomic E-state index is 0.0474. The third-order valence-electron chi connectivity index (χ3n) is 5.78. The first-order valence-corrected chi connectivity index (χ1v) is 13.0. The Hall–Kier alpha value is -4.83. The number of aryl methyl sites for hydroxylation is 1. The maximum atomic E-state index is 13.0. The number of nitrogens with zero attached hydrogens (tertiary/aromatic N) is 4. The van der Waals surface area contributed by atoms with Crippen LogP contribution in [-0.4, -0.2) is 54.1 Å². The number of carbonyl (C=O) groups is 2. The van der Waals surface area contributed by atoms with Gasteiger partial charge in [-0.05, 0) is 36.2 Å². The van der Waals surface area contributed by atoms with Gasteiger partial charge in [0.1, 0.15) is 12.6 Å². The van der Waals surface area contributed by atoms with E-state index in [9.17, 15) is 23.3 Å². The zero-order valence-corrected chi connectivity index (χ0v) is 21.8. The quantitative estimate of drug-likeness (QED) is 0.271. The van der Waals surface area contributed by atoms with Gasteiger partial charge >= 0.3 is 6.03 Å². The summed E-state index contributed by atoms with van der Waals surface area (Å²) in [5.74, 6) is -0.130. The summed E-state index contributed by atoms with van der Waals surface area (Å²) in [7, 11) is -0.612. The van der Waals surface area contributed by atoms with Crippen molar-refractivity contribution in [2.24, 2.45) is 0 Å². The minimum atomic E-state index is -3.90. The van der Waals surface area contributed by atoms with Crippen molar-refractivity contribution in [3.05, 3.63) is 71.7 Å². The fourth-order valence-electron chi connectivity index (χ4n) is 3.74. The van der Waals surface area contributed by atoms with E-state index in [4.69, 9.17) is 0 Å². The number of nitriles is 1. The molecule has 4 N–H and O–H groups in total. The normalized spacial score (nSPS) is 11.1. The molecule has 13 heteroatoms. The average Bonchev–Trinajstić information content (AvgIpc) is 3.52. The van der Waals surface area contributed by atoms with Crippen LogP contribution in [0.25, 0.3) is 10.9 Å². The highest BCUT2D eigenvalue weighted by Gasteiger charge is 2.18. The summed E-state index contributed by atoms with van der Waals surface area (Å²) >= 11 is 0. The van der Waals surface area contributed by atoms with Crippen molar-refractivity contribution in [1.82, 2.24) is 25.0 Å². The molecule has 0 unspecified atom stereocenters. The number of likely N-dealkylation sites (N-methyl/N-ethyl adjacent to an activating group) is 1. The van der Waals surface area contributed by atoms with E-state index < -0.39 is 16.1 Å². The Labute approximate surface area is 219 Å². The Kier molecular flexibility index (Phi) is 7.35. The van der Waals surface area contributed by atoms with Crippen LogP contribution in [0, 0.1) is 18.3 Å². The molecule has 0 radical (unpaired) electrons. The maximum Gasteiger partial charge on any atom is 0.319 e. The summed E-state index contributed by atoms with van der Waals surface area (Å²) in [5.41, 5.74) is 3.28. The Balaban J connectivity index is 1.36. The third-order valence-corrected chi connectivity index (χ3v) is 7.16. The molecule has 0 bridgehead atoms. The van der Waals surface area contributed by atoms with Crippen molar-refractivity contribution in [3.8, 4) is 6.07 Å². The van der Waals surface area contributed by atoms with E-state index in [1.165, 1.54) is 27.9 Å². The van der Waals surface area contributed by atoms with E-state index >= 15 is 0 Å². The highest BCUT2D eigenvalue weighted by Crippen LogP contribution is 2.30. The number of carbonyl (C=O) groups excluding carboxylic acids is 2. The first kappa shape index (κ1) is 26.2. The van der Waals surface area contributed by atoms with Crippen molar-refractivity contribution < 1.29 is 18.0 Å². The largest absolute Gasteiger partial charge is 0.358 e. The monoisotopic (exact) mass is 534 g/mol. The molecular formula is C25H26N8O4S. The second-order valence-electron chi connectivity index (χ2n) is 8.77. The molecule has 4 rings (SSSR count). The number of benzene rings is 2. The summed E-state index contributed by atoms with van der Waals surface area (Å²) in [4.78, 5) is 28.5. The van der Waals surface area contributed by atoms with Crippen LogP contribution in [0.2, 0.25) is 0 Å². The van der Waals surface area contributed by atoms with Gasteiger partial charge in [0.15, 0.2) is 0 Å². The highest BCUT2D eigenvalue weighted by atomic mass is 32.2. The lowest BCUT2D eigenvalue weighted by Crippen LogP contribution is -2.28. The maximum absolute atomic E-state index is 13.0. The van der Waals surface area contributed by atoms with Gasteiger partial charge in [-0.25, -0.2) is 13.2 Å². The molecule has 38 heavy (non-hydrogen) atoms. The second kappa shape index (κ2) is 10.7. The number of aromatic nitrogens is 3. The molecule has 0 aliphatic heterocycles. The predicted molar refractivity (Wildman–Crippen MR) is 142 cm³/mol.